The molecule has 0 aromatic heterocycles. The lowest BCUT2D eigenvalue weighted by molar-refractivity contribution is -0.117. The molecule has 4 heteroatoms. The number of carbonyl (C=O) groups excluding carboxylic acids is 1. The molecule has 0 bridgehead atoms. The molecule has 0 saturated carbocycles. The molecule has 0 spiro atoms. The highest BCUT2D eigenvalue weighted by Crippen LogP contribution is 2.12. The number of benzene rings is 1. The molecule has 1 aromatic carbocycles. The Morgan fingerprint density at radius 1 is 1.53 bits per heavy atom. The monoisotopic (exact) mass is 209 g/mol. The lowest BCUT2D eigenvalue weighted by atomic mass is 10.1. The molecule has 0 fully saturated rings. The third kappa shape index (κ3) is 3.52. The van der Waals surface area contributed by atoms with Crippen molar-refractivity contribution in [3.8, 4) is 0 Å². The fraction of sp³-hybridized carbons (Fsp3) is 0.182. The molecule has 0 aliphatic rings. The molecular weight excluding hydrogens is 197 g/mol. The molecule has 1 rings (SSSR count). The van der Waals surface area contributed by atoms with E-state index in [0.29, 0.717) is 11.1 Å². The number of hydrogen-bond acceptors (Lipinski definition) is 2. The molecule has 0 aliphatic heterocycles. The van der Waals surface area contributed by atoms with Crippen LogP contribution in [0, 0.1) is 5.82 Å². The second-order valence-electron chi connectivity index (χ2n) is 3.09. The van der Waals surface area contributed by atoms with Crippen LogP contribution >= 0.6 is 0 Å². The minimum atomic E-state index is -0.468. The summed E-state index contributed by atoms with van der Waals surface area (Å²) >= 11 is 0. The number of nitrogens with two attached hydrogens (primary N) is 1. The van der Waals surface area contributed by atoms with Crippen LogP contribution in [0.1, 0.15) is 17.5 Å². The largest absolute Gasteiger partial charge is 0.392 e. The summed E-state index contributed by atoms with van der Waals surface area (Å²) in [7, 11) is 0. The molecule has 0 radical (unpaired) electrons. The van der Waals surface area contributed by atoms with Crippen molar-refractivity contribution in [1.82, 2.24) is 0 Å². The Balaban J connectivity index is 2.83. The molecule has 0 heterocycles. The summed E-state index contributed by atoms with van der Waals surface area (Å²) in [5, 5.41) is 8.85. The van der Waals surface area contributed by atoms with Crippen molar-refractivity contribution < 1.29 is 14.3 Å². The van der Waals surface area contributed by atoms with Crippen molar-refractivity contribution in [2.75, 3.05) is 0 Å². The Bertz CT molecular complexity index is 388. The number of hydrogen-bond donors (Lipinski definition) is 2. The Morgan fingerprint density at radius 2 is 2.27 bits per heavy atom. The van der Waals surface area contributed by atoms with Gasteiger partial charge in [0.1, 0.15) is 5.82 Å². The predicted octanol–water partition coefficient (Wildman–Crippen LogP) is 1.21. The van der Waals surface area contributed by atoms with Crippen LogP contribution in [-0.2, 0) is 11.4 Å². The summed E-state index contributed by atoms with van der Waals surface area (Å²) in [4.78, 5) is 10.4. The first kappa shape index (κ1) is 11.4. The summed E-state index contributed by atoms with van der Waals surface area (Å²) < 4.78 is 13.2. The zero-order valence-corrected chi connectivity index (χ0v) is 8.11. The van der Waals surface area contributed by atoms with E-state index in [1.807, 2.05) is 0 Å². The number of aliphatic hydroxyl groups is 1. The van der Waals surface area contributed by atoms with Crippen LogP contribution in [0.15, 0.2) is 24.3 Å². The van der Waals surface area contributed by atoms with E-state index in [0.717, 1.165) is 0 Å². The summed E-state index contributed by atoms with van der Waals surface area (Å²) in [6, 6.07) is 4.29. The van der Waals surface area contributed by atoms with Gasteiger partial charge in [0.25, 0.3) is 0 Å². The quantitative estimate of drug-likeness (QED) is 0.782. The number of rotatable bonds is 4. The minimum absolute atomic E-state index is 0.0722. The van der Waals surface area contributed by atoms with Gasteiger partial charge in [-0.05, 0) is 17.7 Å². The summed E-state index contributed by atoms with van der Waals surface area (Å²) in [5.74, 6) is -0.863. The van der Waals surface area contributed by atoms with Gasteiger partial charge < -0.3 is 10.8 Å². The molecule has 0 unspecified atom stereocenters. The zero-order valence-electron chi connectivity index (χ0n) is 8.11. The first-order chi connectivity index (χ1) is 7.13. The van der Waals surface area contributed by atoms with Crippen LogP contribution < -0.4 is 5.73 Å². The van der Waals surface area contributed by atoms with E-state index in [9.17, 15) is 9.18 Å². The van der Waals surface area contributed by atoms with Crippen molar-refractivity contribution in [3.05, 3.63) is 41.2 Å². The standard InChI is InChI=1S/C11H12FNO2/c12-10-5-4-8(7-14)6-9(10)2-1-3-11(13)15/h1-2,4-6,14H,3,7H2,(H2,13,15). The Labute approximate surface area is 87.0 Å². The van der Waals surface area contributed by atoms with Gasteiger partial charge in [-0.2, -0.15) is 0 Å². The van der Waals surface area contributed by atoms with Crippen molar-refractivity contribution in [2.45, 2.75) is 13.0 Å². The summed E-state index contributed by atoms with van der Waals surface area (Å²) in [6.07, 6.45) is 3.03. The zero-order chi connectivity index (χ0) is 11.3. The number of carbonyl (C=O) groups is 1. The van der Waals surface area contributed by atoms with E-state index < -0.39 is 11.7 Å². The maximum atomic E-state index is 13.2. The van der Waals surface area contributed by atoms with E-state index in [2.05, 4.69) is 0 Å². The second kappa shape index (κ2) is 5.26. The smallest absolute Gasteiger partial charge is 0.221 e. The SMILES string of the molecule is NC(=O)CC=Cc1cc(CO)ccc1F. The van der Waals surface area contributed by atoms with E-state index in [1.165, 1.54) is 30.4 Å². The lowest BCUT2D eigenvalue weighted by Gasteiger charge is -2.00. The summed E-state index contributed by atoms with van der Waals surface area (Å²) in [6.45, 7) is -0.142. The molecule has 3 N–H and O–H groups in total. The van der Waals surface area contributed by atoms with Crippen molar-refractivity contribution in [2.24, 2.45) is 5.73 Å². The highest BCUT2D eigenvalue weighted by atomic mass is 19.1. The average molecular weight is 209 g/mol. The van der Waals surface area contributed by atoms with Crippen molar-refractivity contribution in [3.63, 3.8) is 0 Å². The molecule has 1 amide bonds. The predicted molar refractivity (Wildman–Crippen MR) is 55.2 cm³/mol. The molecular formula is C11H12FNO2. The molecule has 0 atom stereocenters. The molecule has 15 heavy (non-hydrogen) atoms. The van der Waals surface area contributed by atoms with Gasteiger partial charge in [-0.25, -0.2) is 4.39 Å². The third-order valence-corrected chi connectivity index (χ3v) is 1.86. The van der Waals surface area contributed by atoms with Crippen LogP contribution in [0.4, 0.5) is 4.39 Å². The highest BCUT2D eigenvalue weighted by molar-refractivity contribution is 5.76. The molecule has 80 valence electrons. The van der Waals surface area contributed by atoms with E-state index in [1.54, 1.807) is 0 Å². The van der Waals surface area contributed by atoms with Crippen LogP contribution in [0.25, 0.3) is 6.08 Å². The van der Waals surface area contributed by atoms with Gasteiger partial charge in [0.2, 0.25) is 5.91 Å². The van der Waals surface area contributed by atoms with Gasteiger partial charge >= 0.3 is 0 Å². The second-order valence-corrected chi connectivity index (χ2v) is 3.09. The van der Waals surface area contributed by atoms with Crippen LogP contribution in [-0.4, -0.2) is 11.0 Å². The van der Waals surface area contributed by atoms with Gasteiger partial charge in [0, 0.05) is 12.0 Å². The van der Waals surface area contributed by atoms with E-state index >= 15 is 0 Å². The normalized spacial score (nSPS) is 10.8. The number of aliphatic hydroxyl groups excluding tert-OH is 1. The fourth-order valence-electron chi connectivity index (χ4n) is 1.12. The fourth-order valence-corrected chi connectivity index (χ4v) is 1.12. The topological polar surface area (TPSA) is 63.3 Å². The lowest BCUT2D eigenvalue weighted by Crippen LogP contribution is -2.07. The van der Waals surface area contributed by atoms with Crippen molar-refractivity contribution in [1.29, 1.82) is 0 Å². The Kier molecular flexibility index (Phi) is 4.00. The highest BCUT2D eigenvalue weighted by Gasteiger charge is 1.99. The van der Waals surface area contributed by atoms with E-state index in [-0.39, 0.29) is 13.0 Å². The number of primary amides is 1. The maximum Gasteiger partial charge on any atom is 0.221 e. The van der Waals surface area contributed by atoms with Gasteiger partial charge in [0.15, 0.2) is 0 Å². The molecule has 0 saturated heterocycles. The van der Waals surface area contributed by atoms with E-state index in [4.69, 9.17) is 10.8 Å². The number of amides is 1. The maximum absolute atomic E-state index is 13.2. The van der Waals surface area contributed by atoms with Crippen LogP contribution in [0.2, 0.25) is 0 Å². The number of halogens is 1. The van der Waals surface area contributed by atoms with Crippen LogP contribution in [0.3, 0.4) is 0 Å². The first-order valence-electron chi connectivity index (χ1n) is 4.47. The molecule has 0 aliphatic carbocycles. The van der Waals surface area contributed by atoms with Crippen LogP contribution in [0.5, 0.6) is 0 Å². The van der Waals surface area contributed by atoms with Gasteiger partial charge in [-0.3, -0.25) is 4.79 Å². The third-order valence-electron chi connectivity index (χ3n) is 1.86. The van der Waals surface area contributed by atoms with Gasteiger partial charge in [0.05, 0.1) is 6.61 Å². The molecule has 3 nitrogen and oxygen atoms in total. The summed E-state index contributed by atoms with van der Waals surface area (Å²) in [5.41, 5.74) is 5.88. The first-order valence-corrected chi connectivity index (χ1v) is 4.47. The van der Waals surface area contributed by atoms with Crippen molar-refractivity contribution >= 4 is 12.0 Å². The Hall–Kier alpha value is -1.68. The minimum Gasteiger partial charge on any atom is -0.392 e. The average Bonchev–Trinajstić information content (AvgIpc) is 2.20. The van der Waals surface area contributed by atoms with Gasteiger partial charge in [-0.1, -0.05) is 18.2 Å². The van der Waals surface area contributed by atoms with Gasteiger partial charge in [-0.15, -0.1) is 0 Å². The Morgan fingerprint density at radius 3 is 2.87 bits per heavy atom. The molecule has 1 aromatic rings.